The van der Waals surface area contributed by atoms with Gasteiger partial charge in [-0.3, -0.25) is 0 Å². The van der Waals surface area contributed by atoms with Crippen LogP contribution in [0.25, 0.3) is 0 Å². The van der Waals surface area contributed by atoms with E-state index >= 15 is 0 Å². The molecule has 1 fully saturated rings. The second kappa shape index (κ2) is 5.86. The second-order valence-corrected chi connectivity index (χ2v) is 45.1. The van der Waals surface area contributed by atoms with Crippen LogP contribution < -0.4 is 0 Å². The first-order valence-electron chi connectivity index (χ1n) is 8.90. The molecular formula is C16H40ClGeSi4. The molecule has 1 saturated heterocycles. The van der Waals surface area contributed by atoms with Crippen LogP contribution in [0, 0.1) is 0 Å². The predicted molar refractivity (Wildman–Crippen MR) is 120 cm³/mol. The van der Waals surface area contributed by atoms with Gasteiger partial charge in [0.2, 0.25) is 0 Å². The summed E-state index contributed by atoms with van der Waals surface area (Å²) in [6, 6.07) is 0. The number of hydrogen-bond donors (Lipinski definition) is 0. The van der Waals surface area contributed by atoms with Crippen molar-refractivity contribution >= 4 is 55.7 Å². The minimum atomic E-state index is -1.68. The van der Waals surface area contributed by atoms with E-state index in [0.717, 1.165) is 0 Å². The zero-order valence-electron chi connectivity index (χ0n) is 17.3. The Kier molecular flexibility index (Phi) is 5.79. The summed E-state index contributed by atoms with van der Waals surface area (Å²) in [5, 5.41) is 0. The van der Waals surface area contributed by atoms with Crippen molar-refractivity contribution in [1.82, 2.24) is 0 Å². The molecule has 1 heterocycles. The molecule has 1 rings (SSSR count). The second-order valence-electron chi connectivity index (χ2n) is 11.6. The van der Waals surface area contributed by atoms with Crippen molar-refractivity contribution in [1.29, 1.82) is 0 Å². The van der Waals surface area contributed by atoms with Crippen LogP contribution in [0.15, 0.2) is 0 Å². The Balaban J connectivity index is 3.68. The molecule has 1 aliphatic heterocycles. The van der Waals surface area contributed by atoms with Gasteiger partial charge in [0.1, 0.15) is 0 Å². The van der Waals surface area contributed by atoms with Crippen molar-refractivity contribution < 1.29 is 0 Å². The van der Waals surface area contributed by atoms with E-state index in [1.165, 1.54) is 12.8 Å². The van der Waals surface area contributed by atoms with Crippen LogP contribution in [0.1, 0.15) is 12.8 Å². The predicted octanol–water partition coefficient (Wildman–Crippen LogP) is 7.00. The average Bonchev–Trinajstić information content (AvgIpc) is 2.49. The van der Waals surface area contributed by atoms with Crippen LogP contribution >= 0.6 is 10.0 Å². The molecule has 0 spiro atoms. The fraction of sp³-hybridized carbons (Fsp3) is 1.00. The van der Waals surface area contributed by atoms with Crippen LogP contribution in [0.3, 0.4) is 0 Å². The Hall–Kier alpha value is 1.70. The average molecular weight is 453 g/mol. The SMILES string of the molecule is C[Si](C)(C)[C]1([Si](C)(C)C)CC[C]([Si](C)(C)C)([Si](C)(C)C)[Ge]1[Cl]. The Morgan fingerprint density at radius 2 is 0.727 bits per heavy atom. The number of halogens is 1. The van der Waals surface area contributed by atoms with Crippen LogP contribution in [-0.2, 0) is 0 Å². The van der Waals surface area contributed by atoms with Crippen molar-refractivity contribution in [3.8, 4) is 0 Å². The Bertz CT molecular complexity index is 355. The monoisotopic (exact) mass is 453 g/mol. The summed E-state index contributed by atoms with van der Waals surface area (Å²) in [4.78, 5) is 0. The molecule has 22 heavy (non-hydrogen) atoms. The molecule has 1 aliphatic rings. The third-order valence-electron chi connectivity index (χ3n) is 6.75. The van der Waals surface area contributed by atoms with E-state index in [-0.39, 0.29) is 0 Å². The molecule has 0 aromatic rings. The fourth-order valence-electron chi connectivity index (χ4n) is 6.03. The van der Waals surface area contributed by atoms with Crippen molar-refractivity contribution in [2.24, 2.45) is 0 Å². The standard InChI is InChI=1S/C16H40ClGeSi4/c1-19(2,3)15(20(4,5)6)13-14-16(18(15)17,21(7,8)9)22(10,11)12/h13-14H2,1-12H3. The molecule has 0 atom stereocenters. The Morgan fingerprint density at radius 1 is 0.545 bits per heavy atom. The fourth-order valence-corrected chi connectivity index (χ4v) is 75.4. The summed E-state index contributed by atoms with van der Waals surface area (Å²) in [5.74, 6) is 0. The molecule has 1 radical (unpaired) electrons. The summed E-state index contributed by atoms with van der Waals surface area (Å²) in [7, 11) is 2.72. The van der Waals surface area contributed by atoms with E-state index in [1.807, 2.05) is 0 Å². The van der Waals surface area contributed by atoms with Gasteiger partial charge in [-0.1, -0.05) is 0 Å². The maximum absolute atomic E-state index is 7.80. The van der Waals surface area contributed by atoms with E-state index in [9.17, 15) is 0 Å². The topological polar surface area (TPSA) is 0 Å². The van der Waals surface area contributed by atoms with Gasteiger partial charge < -0.3 is 0 Å². The maximum atomic E-state index is 7.80. The van der Waals surface area contributed by atoms with Crippen LogP contribution in [0.4, 0.5) is 0 Å². The molecule has 0 aliphatic carbocycles. The van der Waals surface area contributed by atoms with Crippen LogP contribution in [-0.4, -0.2) is 45.7 Å². The molecule has 6 heteroatoms. The van der Waals surface area contributed by atoms with Gasteiger partial charge in [-0.25, -0.2) is 0 Å². The summed E-state index contributed by atoms with van der Waals surface area (Å²) < 4.78 is 1.31. The van der Waals surface area contributed by atoms with E-state index in [2.05, 4.69) is 78.6 Å². The number of hydrogen-bond acceptors (Lipinski definition) is 0. The van der Waals surface area contributed by atoms with Crippen molar-refractivity contribution in [2.75, 3.05) is 0 Å². The van der Waals surface area contributed by atoms with Gasteiger partial charge in [-0.15, -0.1) is 0 Å². The summed E-state index contributed by atoms with van der Waals surface area (Å²) >= 11 is -1.68. The van der Waals surface area contributed by atoms with E-state index < -0.39 is 45.7 Å². The quantitative estimate of drug-likeness (QED) is 0.403. The van der Waals surface area contributed by atoms with Gasteiger partial charge in [0.25, 0.3) is 0 Å². The van der Waals surface area contributed by atoms with Crippen molar-refractivity contribution in [3.05, 3.63) is 0 Å². The number of rotatable bonds is 4. The first-order chi connectivity index (χ1) is 9.36. The summed E-state index contributed by atoms with van der Waals surface area (Å²) in [6.45, 7) is 31.7. The molecular weight excluding hydrogens is 413 g/mol. The Labute approximate surface area is 153 Å². The van der Waals surface area contributed by atoms with E-state index in [4.69, 9.17) is 10.0 Å². The van der Waals surface area contributed by atoms with E-state index in [0.29, 0.717) is 6.99 Å². The van der Waals surface area contributed by atoms with Gasteiger partial charge >= 0.3 is 154 Å². The minimum absolute atomic E-state index is 0.655. The molecule has 0 nitrogen and oxygen atoms in total. The van der Waals surface area contributed by atoms with Gasteiger partial charge in [0.05, 0.1) is 0 Å². The molecule has 0 aromatic carbocycles. The first-order valence-corrected chi connectivity index (χ1v) is 27.8. The van der Waals surface area contributed by atoms with Gasteiger partial charge in [0, 0.05) is 0 Å². The van der Waals surface area contributed by atoms with Crippen LogP contribution in [0.5, 0.6) is 0 Å². The summed E-state index contributed by atoms with van der Waals surface area (Å²) in [5.41, 5.74) is 0. The molecule has 0 N–H and O–H groups in total. The third kappa shape index (κ3) is 2.89. The zero-order chi connectivity index (χ0) is 18.0. The van der Waals surface area contributed by atoms with Crippen LogP contribution in [0.2, 0.25) is 85.6 Å². The molecule has 0 bridgehead atoms. The normalized spacial score (nSPS) is 23.9. The molecule has 131 valence electrons. The van der Waals surface area contributed by atoms with Crippen molar-refractivity contribution in [2.45, 2.75) is 98.4 Å². The first kappa shape index (κ1) is 21.7. The summed E-state index contributed by atoms with van der Waals surface area (Å²) in [6.07, 6.45) is 2.98. The van der Waals surface area contributed by atoms with Gasteiger partial charge in [-0.05, 0) is 0 Å². The molecule has 0 aromatic heterocycles. The van der Waals surface area contributed by atoms with E-state index in [1.54, 1.807) is 0 Å². The molecule has 0 unspecified atom stereocenters. The molecule has 0 saturated carbocycles. The Morgan fingerprint density at radius 3 is 0.818 bits per heavy atom. The van der Waals surface area contributed by atoms with Gasteiger partial charge in [0.15, 0.2) is 0 Å². The van der Waals surface area contributed by atoms with Crippen molar-refractivity contribution in [3.63, 3.8) is 0 Å². The van der Waals surface area contributed by atoms with Gasteiger partial charge in [-0.2, -0.15) is 0 Å². The molecule has 0 amide bonds. The third-order valence-corrected chi connectivity index (χ3v) is 61.9. The zero-order valence-corrected chi connectivity index (χ0v) is 24.1.